The molecule has 1 saturated heterocycles. The Labute approximate surface area is 147 Å². The van der Waals surface area contributed by atoms with Gasteiger partial charge in [-0.15, -0.1) is 0 Å². The molecular formula is C20H24BrNO. The largest absolute Gasteiger partial charge is 0.488 e. The third kappa shape index (κ3) is 4.36. The number of rotatable bonds is 5. The van der Waals surface area contributed by atoms with E-state index in [9.17, 15) is 0 Å². The van der Waals surface area contributed by atoms with E-state index in [1.807, 2.05) is 24.3 Å². The average molecular weight is 374 g/mol. The van der Waals surface area contributed by atoms with Gasteiger partial charge in [-0.05, 0) is 59.4 Å². The van der Waals surface area contributed by atoms with Crippen molar-refractivity contribution in [3.63, 3.8) is 0 Å². The lowest BCUT2D eigenvalue weighted by Crippen LogP contribution is -2.36. The van der Waals surface area contributed by atoms with Gasteiger partial charge in [0.1, 0.15) is 12.4 Å². The van der Waals surface area contributed by atoms with Crippen LogP contribution in [-0.4, -0.2) is 17.5 Å². The van der Waals surface area contributed by atoms with Gasteiger partial charge in [-0.2, -0.15) is 0 Å². The molecule has 2 aromatic carbocycles. The van der Waals surface area contributed by atoms with E-state index >= 15 is 0 Å². The minimum absolute atomic E-state index is 0.600. The van der Waals surface area contributed by atoms with Crippen LogP contribution in [0, 0.1) is 0 Å². The highest BCUT2D eigenvalue weighted by Crippen LogP contribution is 2.31. The standard InChI is InChI=1S/C20H24BrNO/c1-16-8-5-6-13-22(16)14-18-11-7-12-19(20(18)21)23-15-17-9-3-2-4-10-17/h2-4,7,9-12,16H,5-6,8,13-15H2,1H3. The number of nitrogens with zero attached hydrogens (tertiary/aromatic N) is 1. The molecule has 23 heavy (non-hydrogen) atoms. The Morgan fingerprint density at radius 1 is 1.09 bits per heavy atom. The van der Waals surface area contributed by atoms with Gasteiger partial charge in [0.2, 0.25) is 0 Å². The third-order valence-corrected chi connectivity index (χ3v) is 5.49. The minimum Gasteiger partial charge on any atom is -0.488 e. The minimum atomic E-state index is 0.600. The molecule has 1 unspecified atom stereocenters. The number of ether oxygens (including phenoxy) is 1. The molecule has 3 rings (SSSR count). The van der Waals surface area contributed by atoms with Crippen LogP contribution < -0.4 is 4.74 Å². The summed E-state index contributed by atoms with van der Waals surface area (Å²) < 4.78 is 7.11. The molecule has 1 aliphatic rings. The molecule has 0 spiro atoms. The van der Waals surface area contributed by atoms with Crippen molar-refractivity contribution in [2.75, 3.05) is 6.54 Å². The lowest BCUT2D eigenvalue weighted by Gasteiger charge is -2.33. The van der Waals surface area contributed by atoms with Crippen molar-refractivity contribution < 1.29 is 4.74 Å². The summed E-state index contributed by atoms with van der Waals surface area (Å²) in [5.41, 5.74) is 2.50. The Kier molecular flexibility index (Phi) is 5.74. The van der Waals surface area contributed by atoms with E-state index in [1.54, 1.807) is 0 Å². The lowest BCUT2D eigenvalue weighted by molar-refractivity contribution is 0.152. The Bertz CT molecular complexity index is 629. The van der Waals surface area contributed by atoms with E-state index in [1.165, 1.54) is 36.9 Å². The summed E-state index contributed by atoms with van der Waals surface area (Å²) in [4.78, 5) is 2.57. The first-order valence-electron chi connectivity index (χ1n) is 8.42. The van der Waals surface area contributed by atoms with Crippen LogP contribution in [0.1, 0.15) is 37.3 Å². The summed E-state index contributed by atoms with van der Waals surface area (Å²) in [5, 5.41) is 0. The van der Waals surface area contributed by atoms with Gasteiger partial charge in [-0.3, -0.25) is 4.90 Å². The molecule has 1 atom stereocenters. The number of halogens is 1. The summed E-state index contributed by atoms with van der Waals surface area (Å²) >= 11 is 3.75. The molecule has 2 aromatic rings. The summed E-state index contributed by atoms with van der Waals surface area (Å²) in [5.74, 6) is 0.927. The predicted molar refractivity (Wildman–Crippen MR) is 98.6 cm³/mol. The highest BCUT2D eigenvalue weighted by Gasteiger charge is 2.19. The van der Waals surface area contributed by atoms with E-state index < -0.39 is 0 Å². The monoisotopic (exact) mass is 373 g/mol. The second-order valence-electron chi connectivity index (χ2n) is 6.32. The van der Waals surface area contributed by atoms with E-state index in [0.29, 0.717) is 12.6 Å². The van der Waals surface area contributed by atoms with Crippen molar-refractivity contribution in [2.45, 2.75) is 45.4 Å². The number of benzene rings is 2. The maximum atomic E-state index is 6.01. The van der Waals surface area contributed by atoms with Crippen molar-refractivity contribution >= 4 is 15.9 Å². The van der Waals surface area contributed by atoms with E-state index in [0.717, 1.165) is 16.8 Å². The zero-order chi connectivity index (χ0) is 16.1. The van der Waals surface area contributed by atoms with Gasteiger partial charge in [0, 0.05) is 12.6 Å². The first kappa shape index (κ1) is 16.5. The zero-order valence-corrected chi connectivity index (χ0v) is 15.3. The van der Waals surface area contributed by atoms with Gasteiger partial charge < -0.3 is 4.74 Å². The molecule has 1 fully saturated rings. The third-order valence-electron chi connectivity index (χ3n) is 4.59. The molecule has 1 aliphatic heterocycles. The van der Waals surface area contributed by atoms with Crippen LogP contribution in [-0.2, 0) is 13.2 Å². The fraction of sp³-hybridized carbons (Fsp3) is 0.400. The quantitative estimate of drug-likeness (QED) is 0.695. The highest BCUT2D eigenvalue weighted by atomic mass is 79.9. The summed E-state index contributed by atoms with van der Waals surface area (Å²) in [6.45, 7) is 5.12. The summed E-state index contributed by atoms with van der Waals surface area (Å²) in [6.07, 6.45) is 3.98. The Balaban J connectivity index is 1.68. The van der Waals surface area contributed by atoms with Crippen LogP contribution in [0.3, 0.4) is 0 Å². The number of hydrogen-bond acceptors (Lipinski definition) is 2. The maximum Gasteiger partial charge on any atom is 0.134 e. The Hall–Kier alpha value is -1.32. The highest BCUT2D eigenvalue weighted by molar-refractivity contribution is 9.10. The molecule has 0 aromatic heterocycles. The molecule has 0 aliphatic carbocycles. The van der Waals surface area contributed by atoms with Crippen molar-refractivity contribution in [1.82, 2.24) is 4.90 Å². The number of hydrogen-bond donors (Lipinski definition) is 0. The molecule has 0 saturated carbocycles. The van der Waals surface area contributed by atoms with Gasteiger partial charge in [0.25, 0.3) is 0 Å². The number of piperidine rings is 1. The molecular weight excluding hydrogens is 350 g/mol. The van der Waals surface area contributed by atoms with Crippen LogP contribution in [0.25, 0.3) is 0 Å². The lowest BCUT2D eigenvalue weighted by atomic mass is 10.0. The molecule has 0 amide bonds. The summed E-state index contributed by atoms with van der Waals surface area (Å²) in [7, 11) is 0. The second kappa shape index (κ2) is 7.98. The Morgan fingerprint density at radius 2 is 1.91 bits per heavy atom. The van der Waals surface area contributed by atoms with Gasteiger partial charge in [0.05, 0.1) is 4.47 Å². The van der Waals surface area contributed by atoms with E-state index in [4.69, 9.17) is 4.74 Å². The molecule has 0 bridgehead atoms. The van der Waals surface area contributed by atoms with Gasteiger partial charge in [-0.25, -0.2) is 0 Å². The smallest absolute Gasteiger partial charge is 0.134 e. The summed E-state index contributed by atoms with van der Waals surface area (Å²) in [6, 6.07) is 17.3. The van der Waals surface area contributed by atoms with Crippen LogP contribution >= 0.6 is 15.9 Å². The van der Waals surface area contributed by atoms with Gasteiger partial charge >= 0.3 is 0 Å². The zero-order valence-electron chi connectivity index (χ0n) is 13.7. The molecule has 0 N–H and O–H groups in total. The molecule has 3 heteroatoms. The van der Waals surface area contributed by atoms with E-state index in [2.05, 4.69) is 52.0 Å². The van der Waals surface area contributed by atoms with Gasteiger partial charge in [0.15, 0.2) is 0 Å². The van der Waals surface area contributed by atoms with Crippen molar-refractivity contribution in [3.05, 3.63) is 64.1 Å². The molecule has 0 radical (unpaired) electrons. The van der Waals surface area contributed by atoms with Crippen LogP contribution in [0.4, 0.5) is 0 Å². The molecule has 122 valence electrons. The van der Waals surface area contributed by atoms with Crippen molar-refractivity contribution in [2.24, 2.45) is 0 Å². The number of likely N-dealkylation sites (tertiary alicyclic amines) is 1. The van der Waals surface area contributed by atoms with Crippen LogP contribution in [0.2, 0.25) is 0 Å². The average Bonchev–Trinajstić information content (AvgIpc) is 2.58. The molecule has 1 heterocycles. The normalized spacial score (nSPS) is 18.8. The molecule has 2 nitrogen and oxygen atoms in total. The van der Waals surface area contributed by atoms with Crippen LogP contribution in [0.5, 0.6) is 5.75 Å². The fourth-order valence-corrected chi connectivity index (χ4v) is 3.64. The van der Waals surface area contributed by atoms with Crippen molar-refractivity contribution in [3.8, 4) is 5.75 Å². The first-order chi connectivity index (χ1) is 11.2. The van der Waals surface area contributed by atoms with Crippen molar-refractivity contribution in [1.29, 1.82) is 0 Å². The van der Waals surface area contributed by atoms with E-state index in [-0.39, 0.29) is 0 Å². The second-order valence-corrected chi connectivity index (χ2v) is 7.11. The maximum absolute atomic E-state index is 6.01. The first-order valence-corrected chi connectivity index (χ1v) is 9.21. The Morgan fingerprint density at radius 3 is 2.70 bits per heavy atom. The van der Waals surface area contributed by atoms with Gasteiger partial charge in [-0.1, -0.05) is 48.9 Å². The SMILES string of the molecule is CC1CCCCN1Cc1cccc(OCc2ccccc2)c1Br. The topological polar surface area (TPSA) is 12.5 Å². The fourth-order valence-electron chi connectivity index (χ4n) is 3.14. The predicted octanol–water partition coefficient (Wildman–Crippen LogP) is 5.40. The van der Waals surface area contributed by atoms with Crippen LogP contribution in [0.15, 0.2) is 53.0 Å².